The van der Waals surface area contributed by atoms with E-state index >= 15 is 0 Å². The molecule has 3 aromatic rings. The Morgan fingerprint density at radius 3 is 2.62 bits per heavy atom. The van der Waals surface area contributed by atoms with Crippen LogP contribution in [0.3, 0.4) is 0 Å². The largest absolute Gasteiger partial charge is 0.486 e. The third kappa shape index (κ3) is 4.11. The Morgan fingerprint density at radius 1 is 1.12 bits per heavy atom. The number of nitro benzene ring substituents is 1. The van der Waals surface area contributed by atoms with Crippen LogP contribution in [0.2, 0.25) is 0 Å². The standard InChI is InChI=1S/C21H21N3O7S/c1-2-3-10-22-20-21(23-19(31-20)15-6-4-5-7-16(15)24(25)26)32(27,28)14-8-9-17-18(13-14)30-12-11-29-17/h4-9,13,22H,2-3,10-12H2,1H3. The number of aromatic nitrogens is 1. The molecule has 1 aromatic heterocycles. The Hall–Kier alpha value is -3.60. The van der Waals surface area contributed by atoms with Crippen molar-refractivity contribution in [1.82, 2.24) is 4.98 Å². The molecule has 1 aliphatic rings. The highest BCUT2D eigenvalue weighted by atomic mass is 32.2. The molecule has 2 aromatic carbocycles. The van der Waals surface area contributed by atoms with Crippen LogP contribution in [0.1, 0.15) is 19.8 Å². The summed E-state index contributed by atoms with van der Waals surface area (Å²) in [6, 6.07) is 10.2. The van der Waals surface area contributed by atoms with Gasteiger partial charge in [-0.3, -0.25) is 10.1 Å². The number of nitrogens with one attached hydrogen (secondary N) is 1. The topological polar surface area (TPSA) is 134 Å². The molecule has 0 amide bonds. The molecule has 0 saturated carbocycles. The van der Waals surface area contributed by atoms with Crippen molar-refractivity contribution >= 4 is 21.4 Å². The van der Waals surface area contributed by atoms with Gasteiger partial charge in [0.25, 0.3) is 5.69 Å². The number of nitrogens with zero attached hydrogens (tertiary/aromatic N) is 2. The lowest BCUT2D eigenvalue weighted by atomic mass is 10.2. The molecule has 1 N–H and O–H groups in total. The molecule has 168 valence electrons. The molecular weight excluding hydrogens is 438 g/mol. The second-order valence-corrected chi connectivity index (χ2v) is 8.88. The van der Waals surface area contributed by atoms with Crippen LogP contribution >= 0.6 is 0 Å². The molecule has 0 aliphatic carbocycles. The third-order valence-corrected chi connectivity index (χ3v) is 6.48. The van der Waals surface area contributed by atoms with Crippen molar-refractivity contribution in [2.45, 2.75) is 29.7 Å². The highest BCUT2D eigenvalue weighted by molar-refractivity contribution is 7.91. The van der Waals surface area contributed by atoms with Crippen LogP contribution in [-0.4, -0.2) is 38.1 Å². The third-order valence-electron chi connectivity index (χ3n) is 4.82. The lowest BCUT2D eigenvalue weighted by Gasteiger charge is -2.18. The van der Waals surface area contributed by atoms with Crippen LogP contribution in [0.25, 0.3) is 11.5 Å². The van der Waals surface area contributed by atoms with Gasteiger partial charge in [0.05, 0.1) is 9.82 Å². The molecule has 0 spiro atoms. The first-order valence-electron chi connectivity index (χ1n) is 10.0. The molecule has 10 nitrogen and oxygen atoms in total. The predicted octanol–water partition coefficient (Wildman–Crippen LogP) is 4.07. The number of nitro groups is 1. The maximum absolute atomic E-state index is 13.4. The molecule has 32 heavy (non-hydrogen) atoms. The van der Waals surface area contributed by atoms with Gasteiger partial charge < -0.3 is 19.2 Å². The zero-order valence-corrected chi connectivity index (χ0v) is 18.1. The van der Waals surface area contributed by atoms with Crippen molar-refractivity contribution in [2.75, 3.05) is 25.1 Å². The van der Waals surface area contributed by atoms with Gasteiger partial charge in [0.2, 0.25) is 26.6 Å². The molecule has 4 rings (SSSR count). The summed E-state index contributed by atoms with van der Waals surface area (Å²) in [5.74, 6) is 0.548. The fourth-order valence-electron chi connectivity index (χ4n) is 3.21. The van der Waals surface area contributed by atoms with E-state index in [2.05, 4.69) is 10.3 Å². The summed E-state index contributed by atoms with van der Waals surface area (Å²) in [7, 11) is -4.13. The van der Waals surface area contributed by atoms with Crippen LogP contribution < -0.4 is 14.8 Å². The average Bonchev–Trinajstić information content (AvgIpc) is 3.24. The molecule has 0 saturated heterocycles. The number of para-hydroxylation sites is 1. The highest BCUT2D eigenvalue weighted by Crippen LogP contribution is 2.38. The highest BCUT2D eigenvalue weighted by Gasteiger charge is 2.31. The monoisotopic (exact) mass is 459 g/mol. The minimum absolute atomic E-state index is 0.0531. The first-order chi connectivity index (χ1) is 15.4. The van der Waals surface area contributed by atoms with E-state index in [1.165, 1.54) is 36.4 Å². The predicted molar refractivity (Wildman–Crippen MR) is 115 cm³/mol. The SMILES string of the molecule is CCCCNc1oc(-c2ccccc2[N+](=O)[O-])nc1S(=O)(=O)c1ccc2c(c1)OCCO2. The van der Waals surface area contributed by atoms with Gasteiger partial charge in [-0.2, -0.15) is 4.98 Å². The fraction of sp³-hybridized carbons (Fsp3) is 0.286. The normalized spacial score (nSPS) is 13.0. The lowest BCUT2D eigenvalue weighted by molar-refractivity contribution is -0.384. The van der Waals surface area contributed by atoms with Gasteiger partial charge in [0, 0.05) is 18.7 Å². The molecule has 0 unspecified atom stereocenters. The number of unbranched alkanes of at least 4 members (excludes halogenated alkanes) is 1. The maximum atomic E-state index is 13.4. The van der Waals surface area contributed by atoms with E-state index in [0.717, 1.165) is 12.8 Å². The molecular formula is C21H21N3O7S. The number of ether oxygens (including phenoxy) is 2. The summed E-state index contributed by atoms with van der Waals surface area (Å²) < 4.78 is 43.5. The van der Waals surface area contributed by atoms with E-state index in [4.69, 9.17) is 13.9 Å². The summed E-state index contributed by atoms with van der Waals surface area (Å²) in [6.07, 6.45) is 1.65. The zero-order chi connectivity index (χ0) is 22.7. The van der Waals surface area contributed by atoms with E-state index in [1.54, 1.807) is 6.07 Å². The van der Waals surface area contributed by atoms with Crippen molar-refractivity contribution in [3.63, 3.8) is 0 Å². The van der Waals surface area contributed by atoms with Crippen LogP contribution in [0.15, 0.2) is 56.8 Å². The van der Waals surface area contributed by atoms with Gasteiger partial charge in [0.15, 0.2) is 11.5 Å². The first-order valence-corrected chi connectivity index (χ1v) is 11.5. The summed E-state index contributed by atoms with van der Waals surface area (Å²) in [5.41, 5.74) is -0.156. The summed E-state index contributed by atoms with van der Waals surface area (Å²) >= 11 is 0. The minimum atomic E-state index is -4.13. The second-order valence-electron chi connectivity index (χ2n) is 7.02. The smallest absolute Gasteiger partial charge is 0.282 e. The van der Waals surface area contributed by atoms with Crippen molar-refractivity contribution in [2.24, 2.45) is 0 Å². The van der Waals surface area contributed by atoms with E-state index in [9.17, 15) is 18.5 Å². The maximum Gasteiger partial charge on any atom is 0.282 e. The molecule has 11 heteroatoms. The quantitative estimate of drug-likeness (QED) is 0.300. The number of hydrogen-bond donors (Lipinski definition) is 1. The Balaban J connectivity index is 1.81. The van der Waals surface area contributed by atoms with Crippen molar-refractivity contribution in [3.8, 4) is 23.0 Å². The van der Waals surface area contributed by atoms with Crippen LogP contribution in [0, 0.1) is 10.1 Å². The number of fused-ring (bicyclic) bond motifs is 1. The molecule has 0 bridgehead atoms. The lowest BCUT2D eigenvalue weighted by Crippen LogP contribution is -2.16. The number of rotatable bonds is 8. The van der Waals surface area contributed by atoms with Crippen molar-refractivity contribution < 1.29 is 27.2 Å². The van der Waals surface area contributed by atoms with Gasteiger partial charge in [0.1, 0.15) is 18.8 Å². The van der Waals surface area contributed by atoms with Gasteiger partial charge in [-0.15, -0.1) is 0 Å². The fourth-order valence-corrected chi connectivity index (χ4v) is 4.50. The van der Waals surface area contributed by atoms with Crippen molar-refractivity contribution in [3.05, 3.63) is 52.6 Å². The van der Waals surface area contributed by atoms with E-state index in [0.29, 0.717) is 31.3 Å². The molecule has 0 radical (unpaired) electrons. The van der Waals surface area contributed by atoms with E-state index in [1.807, 2.05) is 6.92 Å². The van der Waals surface area contributed by atoms with Crippen LogP contribution in [-0.2, 0) is 9.84 Å². The Morgan fingerprint density at radius 2 is 1.88 bits per heavy atom. The zero-order valence-electron chi connectivity index (χ0n) is 17.2. The van der Waals surface area contributed by atoms with Crippen LogP contribution in [0.4, 0.5) is 11.6 Å². The first kappa shape index (κ1) is 21.6. The van der Waals surface area contributed by atoms with E-state index < -0.39 is 14.8 Å². The number of benzene rings is 2. The van der Waals surface area contributed by atoms with Gasteiger partial charge in [-0.1, -0.05) is 25.5 Å². The summed E-state index contributed by atoms with van der Waals surface area (Å²) in [4.78, 5) is 15.0. The number of sulfone groups is 1. The number of oxazole rings is 1. The van der Waals surface area contributed by atoms with Gasteiger partial charge >= 0.3 is 0 Å². The van der Waals surface area contributed by atoms with Crippen LogP contribution in [0.5, 0.6) is 11.5 Å². The second kappa shape index (κ2) is 8.87. The average molecular weight is 459 g/mol. The Kier molecular flexibility index (Phi) is 5.99. The number of anilines is 1. The Labute approximate surface area is 184 Å². The number of hydrogen-bond acceptors (Lipinski definition) is 9. The summed E-state index contributed by atoms with van der Waals surface area (Å²) in [5, 5.41) is 14.0. The molecule has 0 atom stereocenters. The Bertz CT molecular complexity index is 1250. The minimum Gasteiger partial charge on any atom is -0.486 e. The summed E-state index contributed by atoms with van der Waals surface area (Å²) in [6.45, 7) is 3.14. The van der Waals surface area contributed by atoms with Gasteiger partial charge in [-0.05, 0) is 24.6 Å². The molecule has 1 aliphatic heterocycles. The molecule has 0 fully saturated rings. The van der Waals surface area contributed by atoms with Gasteiger partial charge in [-0.25, -0.2) is 8.42 Å². The van der Waals surface area contributed by atoms with Crippen molar-refractivity contribution in [1.29, 1.82) is 0 Å². The van der Waals surface area contributed by atoms with E-state index in [-0.39, 0.29) is 32.9 Å². The molecule has 2 heterocycles.